The van der Waals surface area contributed by atoms with Crippen LogP contribution in [0, 0.1) is 5.82 Å². The van der Waals surface area contributed by atoms with Gasteiger partial charge in [-0.3, -0.25) is 4.79 Å². The molecule has 3 rings (SSSR count). The summed E-state index contributed by atoms with van der Waals surface area (Å²) in [6.07, 6.45) is 0. The van der Waals surface area contributed by atoms with Crippen LogP contribution in [0.4, 0.5) is 4.39 Å². The number of fused-ring (bicyclic) bond motifs is 1. The van der Waals surface area contributed by atoms with Crippen molar-refractivity contribution in [1.29, 1.82) is 0 Å². The topological polar surface area (TPSA) is 88.8 Å². The van der Waals surface area contributed by atoms with Crippen LogP contribution in [0.3, 0.4) is 0 Å². The van der Waals surface area contributed by atoms with Gasteiger partial charge >= 0.3 is 5.97 Å². The normalized spacial score (nSPS) is 11.5. The summed E-state index contributed by atoms with van der Waals surface area (Å²) in [7, 11) is 1.47. The Bertz CT molecular complexity index is 1070. The number of nitrogens with one attached hydrogen (secondary N) is 1. The Hall–Kier alpha value is -3.35. The van der Waals surface area contributed by atoms with Crippen LogP contribution in [0.5, 0.6) is 5.75 Å². The van der Waals surface area contributed by atoms with E-state index in [1.165, 1.54) is 38.3 Å². The lowest BCUT2D eigenvalue weighted by Gasteiger charge is -2.28. The van der Waals surface area contributed by atoms with Gasteiger partial charge in [0, 0.05) is 23.4 Å². The van der Waals surface area contributed by atoms with Gasteiger partial charge in [-0.1, -0.05) is 0 Å². The third-order valence-corrected chi connectivity index (χ3v) is 4.49. The predicted octanol–water partition coefficient (Wildman–Crippen LogP) is 4.32. The van der Waals surface area contributed by atoms with Crippen molar-refractivity contribution in [1.82, 2.24) is 5.32 Å². The minimum atomic E-state index is -1.17. The summed E-state index contributed by atoms with van der Waals surface area (Å²) >= 11 is 0. The van der Waals surface area contributed by atoms with E-state index in [9.17, 15) is 19.1 Å². The van der Waals surface area contributed by atoms with E-state index in [0.717, 1.165) is 0 Å². The van der Waals surface area contributed by atoms with Gasteiger partial charge in [0.05, 0.1) is 12.6 Å². The highest BCUT2D eigenvalue weighted by Gasteiger charge is 2.29. The highest BCUT2D eigenvalue weighted by atomic mass is 19.1. The predicted molar refractivity (Wildman–Crippen MR) is 102 cm³/mol. The SMILES string of the molecule is COc1cc2c(C(=O)O)c(-c3ccc(F)cc3)oc2cc1C(C)(C)NC(C)=O. The standard InChI is InChI=1S/C21H20FNO5/c1-11(24)23-21(2,3)15-10-16-14(9-17(15)27-4)18(20(25)26)19(28-16)12-5-7-13(22)8-6-12/h5-10H,1-4H3,(H,23,24)(H,25,26). The maximum Gasteiger partial charge on any atom is 0.340 e. The number of carbonyl (C=O) groups is 2. The average molecular weight is 385 g/mol. The molecule has 0 unspecified atom stereocenters. The molecule has 0 aliphatic heterocycles. The van der Waals surface area contributed by atoms with E-state index in [2.05, 4.69) is 5.32 Å². The lowest BCUT2D eigenvalue weighted by molar-refractivity contribution is -0.120. The van der Waals surface area contributed by atoms with Crippen LogP contribution in [-0.4, -0.2) is 24.1 Å². The molecule has 0 saturated heterocycles. The van der Waals surface area contributed by atoms with Crippen LogP contribution >= 0.6 is 0 Å². The van der Waals surface area contributed by atoms with Crippen molar-refractivity contribution in [3.63, 3.8) is 0 Å². The Labute approximate surface area is 160 Å². The zero-order valence-corrected chi connectivity index (χ0v) is 15.9. The fraction of sp³-hybridized carbons (Fsp3) is 0.238. The molecule has 0 fully saturated rings. The smallest absolute Gasteiger partial charge is 0.340 e. The number of hydrogen-bond acceptors (Lipinski definition) is 4. The van der Waals surface area contributed by atoms with Crippen LogP contribution in [0.25, 0.3) is 22.3 Å². The summed E-state index contributed by atoms with van der Waals surface area (Å²) in [5.41, 5.74) is 0.581. The number of amides is 1. The second kappa shape index (κ2) is 6.99. The molecule has 0 aliphatic rings. The van der Waals surface area contributed by atoms with Gasteiger partial charge in [0.2, 0.25) is 5.91 Å². The van der Waals surface area contributed by atoms with Gasteiger partial charge in [0.25, 0.3) is 0 Å². The summed E-state index contributed by atoms with van der Waals surface area (Å²) in [5, 5.41) is 12.9. The zero-order valence-electron chi connectivity index (χ0n) is 15.9. The summed E-state index contributed by atoms with van der Waals surface area (Å²) in [5.74, 6) is -1.28. The number of aromatic carboxylic acids is 1. The van der Waals surface area contributed by atoms with E-state index in [4.69, 9.17) is 9.15 Å². The first-order chi connectivity index (χ1) is 13.1. The first-order valence-electron chi connectivity index (χ1n) is 8.57. The third kappa shape index (κ3) is 3.43. The number of carbonyl (C=O) groups excluding carboxylic acids is 1. The van der Waals surface area contributed by atoms with Crippen molar-refractivity contribution in [2.45, 2.75) is 26.3 Å². The summed E-state index contributed by atoms with van der Waals surface area (Å²) in [6, 6.07) is 8.62. The van der Waals surface area contributed by atoms with Crippen LogP contribution in [0.2, 0.25) is 0 Å². The van der Waals surface area contributed by atoms with Gasteiger partial charge in [-0.05, 0) is 50.2 Å². The fourth-order valence-electron chi connectivity index (χ4n) is 3.30. The Balaban J connectivity index is 2.28. The van der Waals surface area contributed by atoms with Crippen molar-refractivity contribution < 1.29 is 28.2 Å². The molecule has 2 aromatic carbocycles. The van der Waals surface area contributed by atoms with Gasteiger partial charge in [0.15, 0.2) is 0 Å². The minimum absolute atomic E-state index is 0.0382. The Kier molecular flexibility index (Phi) is 4.85. The number of ether oxygens (including phenoxy) is 1. The first-order valence-corrected chi connectivity index (χ1v) is 8.57. The van der Waals surface area contributed by atoms with Crippen molar-refractivity contribution >= 4 is 22.8 Å². The molecule has 0 atom stereocenters. The molecule has 1 aromatic heterocycles. The van der Waals surface area contributed by atoms with Crippen molar-refractivity contribution in [3.05, 3.63) is 53.3 Å². The molecule has 7 heteroatoms. The second-order valence-corrected chi connectivity index (χ2v) is 6.97. The molecule has 28 heavy (non-hydrogen) atoms. The molecule has 3 aromatic rings. The molecule has 0 aliphatic carbocycles. The summed E-state index contributed by atoms with van der Waals surface area (Å²) in [4.78, 5) is 23.5. The number of halogens is 1. The van der Waals surface area contributed by atoms with E-state index in [1.807, 2.05) is 0 Å². The van der Waals surface area contributed by atoms with E-state index in [0.29, 0.717) is 27.8 Å². The van der Waals surface area contributed by atoms with Crippen molar-refractivity contribution in [3.8, 4) is 17.1 Å². The summed E-state index contributed by atoms with van der Waals surface area (Å²) < 4.78 is 24.6. The molecule has 6 nitrogen and oxygen atoms in total. The number of carboxylic acid groups (broad SMARTS) is 1. The van der Waals surface area contributed by atoms with Crippen LogP contribution in [0.1, 0.15) is 36.7 Å². The maximum absolute atomic E-state index is 13.3. The molecule has 146 valence electrons. The Morgan fingerprint density at radius 1 is 1.18 bits per heavy atom. The van der Waals surface area contributed by atoms with Crippen LogP contribution in [-0.2, 0) is 10.3 Å². The van der Waals surface area contributed by atoms with E-state index in [1.54, 1.807) is 26.0 Å². The summed E-state index contributed by atoms with van der Waals surface area (Å²) in [6.45, 7) is 5.02. The van der Waals surface area contributed by atoms with Gasteiger partial charge in [-0.15, -0.1) is 0 Å². The fourth-order valence-corrected chi connectivity index (χ4v) is 3.30. The molecule has 1 amide bonds. The largest absolute Gasteiger partial charge is 0.496 e. The van der Waals surface area contributed by atoms with Gasteiger partial charge in [-0.25, -0.2) is 9.18 Å². The van der Waals surface area contributed by atoms with Crippen LogP contribution in [0.15, 0.2) is 40.8 Å². The third-order valence-electron chi connectivity index (χ3n) is 4.49. The number of carboxylic acids is 1. The minimum Gasteiger partial charge on any atom is -0.496 e. The number of methoxy groups -OCH3 is 1. The number of rotatable bonds is 5. The van der Waals surface area contributed by atoms with Gasteiger partial charge < -0.3 is 19.6 Å². The van der Waals surface area contributed by atoms with E-state index < -0.39 is 17.3 Å². The monoisotopic (exact) mass is 385 g/mol. The lowest BCUT2D eigenvalue weighted by atomic mass is 9.91. The lowest BCUT2D eigenvalue weighted by Crippen LogP contribution is -2.39. The Morgan fingerprint density at radius 3 is 2.36 bits per heavy atom. The Morgan fingerprint density at radius 2 is 1.82 bits per heavy atom. The molecule has 0 spiro atoms. The number of furan rings is 1. The number of benzene rings is 2. The number of hydrogen-bond donors (Lipinski definition) is 2. The highest BCUT2D eigenvalue weighted by Crippen LogP contribution is 2.40. The second-order valence-electron chi connectivity index (χ2n) is 6.97. The molecular weight excluding hydrogens is 365 g/mol. The van der Waals surface area contributed by atoms with E-state index >= 15 is 0 Å². The molecule has 2 N–H and O–H groups in total. The first kappa shape index (κ1) is 19.4. The molecule has 0 bridgehead atoms. The average Bonchev–Trinajstić information content (AvgIpc) is 2.98. The van der Waals surface area contributed by atoms with Crippen molar-refractivity contribution in [2.24, 2.45) is 0 Å². The van der Waals surface area contributed by atoms with Gasteiger partial charge in [-0.2, -0.15) is 0 Å². The van der Waals surface area contributed by atoms with E-state index in [-0.39, 0.29) is 17.2 Å². The maximum atomic E-state index is 13.3. The molecule has 0 radical (unpaired) electrons. The molecule has 1 heterocycles. The van der Waals surface area contributed by atoms with Crippen LogP contribution < -0.4 is 10.1 Å². The molecular formula is C21H20FNO5. The van der Waals surface area contributed by atoms with Crippen molar-refractivity contribution in [2.75, 3.05) is 7.11 Å². The molecule has 0 saturated carbocycles. The van der Waals surface area contributed by atoms with Gasteiger partial charge in [0.1, 0.15) is 28.5 Å². The highest BCUT2D eigenvalue weighted by molar-refractivity contribution is 6.08. The zero-order chi connectivity index (χ0) is 20.6. The quantitative estimate of drug-likeness (QED) is 0.683.